The van der Waals surface area contributed by atoms with Crippen molar-refractivity contribution >= 4 is 19.6 Å². The minimum absolute atomic E-state index is 0.0696. The molecule has 0 radical (unpaired) electrons. The van der Waals surface area contributed by atoms with Crippen molar-refractivity contribution in [1.29, 1.82) is 0 Å². The number of carbonyl (C=O) groups is 2. The highest BCUT2D eigenvalue weighted by molar-refractivity contribution is 7.45. The van der Waals surface area contributed by atoms with Gasteiger partial charge in [0.15, 0.2) is 0 Å². The van der Waals surface area contributed by atoms with E-state index in [1.54, 1.807) is 11.0 Å². The largest absolute Gasteiger partial charge is 0.466 e. The SMILES string of the molecule is NC(=O)c1cccc([C@H]2C[C@H]3CC[C@@H](C2)N3CCN(CC2CCC(F)(F)CC2)C(=O)CO)c1.O=P(O)(O)O. The Hall–Kier alpha value is -1.95. The first-order valence-electron chi connectivity index (χ1n) is 13.0. The maximum atomic E-state index is 13.5. The van der Waals surface area contributed by atoms with Crippen LogP contribution in [0.1, 0.15) is 73.2 Å². The molecule has 2 amide bonds. The molecule has 214 valence electrons. The Morgan fingerprint density at radius 3 is 2.18 bits per heavy atom. The van der Waals surface area contributed by atoms with E-state index >= 15 is 0 Å². The van der Waals surface area contributed by atoms with Crippen molar-refractivity contribution in [3.05, 3.63) is 35.4 Å². The number of hydrogen-bond acceptors (Lipinski definition) is 5. The van der Waals surface area contributed by atoms with Gasteiger partial charge in [0.1, 0.15) is 6.61 Å². The molecular formula is C25H38F2N3O7P. The lowest BCUT2D eigenvalue weighted by Gasteiger charge is -2.40. The minimum Gasteiger partial charge on any atom is -0.387 e. The van der Waals surface area contributed by atoms with E-state index in [1.165, 1.54) is 0 Å². The van der Waals surface area contributed by atoms with Crippen LogP contribution in [0.25, 0.3) is 0 Å². The first-order chi connectivity index (χ1) is 17.8. The number of aliphatic hydroxyl groups excluding tert-OH is 1. The number of alkyl halides is 2. The molecule has 1 aromatic rings. The van der Waals surface area contributed by atoms with Gasteiger partial charge in [0, 0.05) is 50.1 Å². The molecule has 13 heteroatoms. The number of benzene rings is 1. The molecule has 6 N–H and O–H groups in total. The smallest absolute Gasteiger partial charge is 0.387 e. The molecule has 3 aliphatic rings. The lowest BCUT2D eigenvalue weighted by Crippen LogP contribution is -2.48. The van der Waals surface area contributed by atoms with Crippen LogP contribution >= 0.6 is 7.82 Å². The fraction of sp³-hybridized carbons (Fsp3) is 0.680. The lowest BCUT2D eigenvalue weighted by molar-refractivity contribution is -0.135. The standard InChI is InChI=1S/C25H35F2N3O3.H3O4P/c26-25(27)8-6-17(7-9-25)15-29(23(32)16-31)10-11-30-21-4-5-22(30)14-20(13-21)18-2-1-3-19(12-18)24(28)33;1-5(2,3)4/h1-3,12,17,20-22,31H,4-11,13-16H2,(H2,28,33);(H3,1,2,3,4)/t20-,21+,22-;. The van der Waals surface area contributed by atoms with Gasteiger partial charge in [-0.25, -0.2) is 13.3 Å². The third-order valence-corrected chi connectivity index (χ3v) is 7.96. The Morgan fingerprint density at radius 1 is 1.08 bits per heavy atom. The Morgan fingerprint density at radius 2 is 1.66 bits per heavy atom. The van der Waals surface area contributed by atoms with Crippen LogP contribution in [-0.4, -0.2) is 85.6 Å². The number of fused-ring (bicyclic) bond motifs is 2. The number of aliphatic hydroxyl groups is 1. The molecule has 38 heavy (non-hydrogen) atoms. The summed E-state index contributed by atoms with van der Waals surface area (Å²) in [7, 11) is -4.64. The van der Waals surface area contributed by atoms with Crippen molar-refractivity contribution in [1.82, 2.24) is 9.80 Å². The molecule has 2 heterocycles. The molecular weight excluding hydrogens is 523 g/mol. The highest BCUT2D eigenvalue weighted by atomic mass is 31.2. The number of phosphoric acid groups is 1. The van der Waals surface area contributed by atoms with Gasteiger partial charge in [-0.15, -0.1) is 0 Å². The van der Waals surface area contributed by atoms with Crippen molar-refractivity contribution < 1.29 is 42.7 Å². The van der Waals surface area contributed by atoms with E-state index in [9.17, 15) is 23.5 Å². The predicted octanol–water partition coefficient (Wildman–Crippen LogP) is 2.21. The van der Waals surface area contributed by atoms with Crippen LogP contribution < -0.4 is 5.73 Å². The van der Waals surface area contributed by atoms with E-state index in [-0.39, 0.29) is 24.7 Å². The topological polar surface area (TPSA) is 165 Å². The predicted molar refractivity (Wildman–Crippen MR) is 135 cm³/mol. The van der Waals surface area contributed by atoms with Crippen molar-refractivity contribution in [2.24, 2.45) is 11.7 Å². The first-order valence-corrected chi connectivity index (χ1v) is 14.5. The Balaban J connectivity index is 0.000000732. The summed E-state index contributed by atoms with van der Waals surface area (Å²) in [6, 6.07) is 8.47. The number of hydrogen-bond donors (Lipinski definition) is 5. The molecule has 0 unspecified atom stereocenters. The summed E-state index contributed by atoms with van der Waals surface area (Å²) < 4.78 is 35.9. The molecule has 0 aromatic heterocycles. The molecule has 3 fully saturated rings. The Bertz CT molecular complexity index is 992. The molecule has 10 nitrogen and oxygen atoms in total. The molecule has 1 aromatic carbocycles. The minimum atomic E-state index is -4.64. The molecule has 3 atom stereocenters. The average molecular weight is 562 g/mol. The second-order valence-corrected chi connectivity index (χ2v) is 11.6. The number of carbonyl (C=O) groups excluding carboxylic acids is 2. The molecule has 0 spiro atoms. The highest BCUT2D eigenvalue weighted by Crippen LogP contribution is 2.43. The zero-order valence-corrected chi connectivity index (χ0v) is 22.2. The molecule has 2 aliphatic heterocycles. The monoisotopic (exact) mass is 561 g/mol. The maximum absolute atomic E-state index is 13.5. The Labute approximate surface area is 221 Å². The van der Waals surface area contributed by atoms with Crippen LogP contribution in [-0.2, 0) is 9.36 Å². The van der Waals surface area contributed by atoms with E-state index in [0.29, 0.717) is 49.5 Å². The quantitative estimate of drug-likeness (QED) is 0.302. The van der Waals surface area contributed by atoms with Gasteiger partial charge in [-0.05, 0) is 68.1 Å². The van der Waals surface area contributed by atoms with Gasteiger partial charge >= 0.3 is 7.82 Å². The summed E-state index contributed by atoms with van der Waals surface area (Å²) in [4.78, 5) is 49.6. The van der Waals surface area contributed by atoms with Crippen LogP contribution in [0.15, 0.2) is 24.3 Å². The van der Waals surface area contributed by atoms with Gasteiger partial charge in [0.2, 0.25) is 17.7 Å². The molecule has 2 saturated heterocycles. The van der Waals surface area contributed by atoms with Crippen molar-refractivity contribution in [2.45, 2.75) is 75.3 Å². The summed E-state index contributed by atoms with van der Waals surface area (Å²) in [5.41, 5.74) is 7.15. The summed E-state index contributed by atoms with van der Waals surface area (Å²) in [5, 5.41) is 9.44. The van der Waals surface area contributed by atoms with Crippen LogP contribution in [0.2, 0.25) is 0 Å². The second kappa shape index (κ2) is 12.9. The number of amides is 2. The van der Waals surface area contributed by atoms with Crippen LogP contribution in [0.4, 0.5) is 8.78 Å². The molecule has 4 rings (SSSR count). The number of piperidine rings is 1. The number of primary amides is 1. The van der Waals surface area contributed by atoms with Gasteiger partial charge in [0.05, 0.1) is 0 Å². The molecule has 1 aliphatic carbocycles. The van der Waals surface area contributed by atoms with E-state index < -0.39 is 26.3 Å². The van der Waals surface area contributed by atoms with Crippen LogP contribution in [0, 0.1) is 5.92 Å². The number of nitrogens with zero attached hydrogens (tertiary/aromatic N) is 2. The lowest BCUT2D eigenvalue weighted by atomic mass is 9.84. The maximum Gasteiger partial charge on any atom is 0.466 e. The van der Waals surface area contributed by atoms with E-state index in [4.69, 9.17) is 25.0 Å². The van der Waals surface area contributed by atoms with E-state index in [2.05, 4.69) is 11.0 Å². The van der Waals surface area contributed by atoms with Crippen molar-refractivity contribution in [2.75, 3.05) is 26.2 Å². The first kappa shape index (κ1) is 30.6. The van der Waals surface area contributed by atoms with Gasteiger partial charge in [0.25, 0.3) is 0 Å². The molecule has 2 bridgehead atoms. The van der Waals surface area contributed by atoms with E-state index in [1.807, 2.05) is 12.1 Å². The zero-order chi connectivity index (χ0) is 28.1. The number of nitrogens with two attached hydrogens (primary N) is 1. The second-order valence-electron chi connectivity index (χ2n) is 10.6. The normalized spacial score (nSPS) is 25.4. The van der Waals surface area contributed by atoms with Crippen LogP contribution in [0.5, 0.6) is 0 Å². The van der Waals surface area contributed by atoms with Crippen molar-refractivity contribution in [3.8, 4) is 0 Å². The zero-order valence-electron chi connectivity index (χ0n) is 21.3. The summed E-state index contributed by atoms with van der Waals surface area (Å²) >= 11 is 0. The summed E-state index contributed by atoms with van der Waals surface area (Å²) in [5.74, 6) is -2.86. The fourth-order valence-electron chi connectivity index (χ4n) is 6.11. The molecule has 1 saturated carbocycles. The van der Waals surface area contributed by atoms with Gasteiger partial charge in [-0.1, -0.05) is 12.1 Å². The third-order valence-electron chi connectivity index (χ3n) is 7.96. The van der Waals surface area contributed by atoms with Crippen molar-refractivity contribution in [3.63, 3.8) is 0 Å². The summed E-state index contributed by atoms with van der Waals surface area (Å²) in [6.45, 7) is 1.15. The third kappa shape index (κ3) is 9.07. The van der Waals surface area contributed by atoms with Gasteiger partial charge in [-0.3, -0.25) is 14.5 Å². The van der Waals surface area contributed by atoms with Gasteiger partial charge in [-0.2, -0.15) is 0 Å². The van der Waals surface area contributed by atoms with Crippen LogP contribution in [0.3, 0.4) is 0 Å². The number of rotatable bonds is 8. The Kier molecular flexibility index (Phi) is 10.4. The summed E-state index contributed by atoms with van der Waals surface area (Å²) in [6.07, 6.45) is 4.84. The fourth-order valence-corrected chi connectivity index (χ4v) is 6.11. The number of halogens is 2. The average Bonchev–Trinajstić information content (AvgIpc) is 3.07. The highest BCUT2D eigenvalue weighted by Gasteiger charge is 2.41. The van der Waals surface area contributed by atoms with E-state index in [0.717, 1.165) is 37.8 Å². The van der Waals surface area contributed by atoms with Gasteiger partial charge < -0.3 is 30.4 Å².